The molecule has 68 valence electrons. The van der Waals surface area contributed by atoms with E-state index in [9.17, 15) is 8.76 Å². The van der Waals surface area contributed by atoms with Gasteiger partial charge in [0.2, 0.25) is 0 Å². The summed E-state index contributed by atoms with van der Waals surface area (Å²) in [4.78, 5) is 1.10. The van der Waals surface area contributed by atoms with Gasteiger partial charge in [0.05, 0.1) is 4.21 Å². The Morgan fingerprint density at radius 1 is 1.42 bits per heavy atom. The van der Waals surface area contributed by atoms with Gasteiger partial charge in [-0.3, -0.25) is 4.21 Å². The highest BCUT2D eigenvalue weighted by atomic mass is 32.2. The van der Waals surface area contributed by atoms with E-state index < -0.39 is 11.1 Å². The summed E-state index contributed by atoms with van der Waals surface area (Å²) in [5.41, 5.74) is 0.0439. The van der Waals surface area contributed by atoms with Crippen molar-refractivity contribution in [3.05, 3.63) is 17.0 Å². The van der Waals surface area contributed by atoms with Gasteiger partial charge in [-0.2, -0.15) is 0 Å². The van der Waals surface area contributed by atoms with Gasteiger partial charge in [0.15, 0.2) is 0 Å². The highest BCUT2D eigenvalue weighted by molar-refractivity contribution is 7.81. The largest absolute Gasteiger partial charge is 0.768 e. The molecule has 0 radical (unpaired) electrons. The van der Waals surface area contributed by atoms with E-state index in [1.807, 2.05) is 6.07 Å². The van der Waals surface area contributed by atoms with Crippen LogP contribution < -0.4 is 0 Å². The fourth-order valence-electron chi connectivity index (χ4n) is 0.813. The molecular weight excluding hydrogens is 192 g/mol. The van der Waals surface area contributed by atoms with Gasteiger partial charge in [-0.1, -0.05) is 20.8 Å². The van der Waals surface area contributed by atoms with Gasteiger partial charge in [0.1, 0.15) is 0 Å². The summed E-state index contributed by atoms with van der Waals surface area (Å²) in [7, 11) is 0. The highest BCUT2D eigenvalue weighted by Crippen LogP contribution is 2.30. The van der Waals surface area contributed by atoms with E-state index in [0.29, 0.717) is 4.21 Å². The summed E-state index contributed by atoms with van der Waals surface area (Å²) in [6.07, 6.45) is 0. The second kappa shape index (κ2) is 3.28. The Morgan fingerprint density at radius 2 is 2.00 bits per heavy atom. The predicted molar refractivity (Wildman–Crippen MR) is 50.2 cm³/mol. The quantitative estimate of drug-likeness (QED) is 0.657. The zero-order valence-corrected chi connectivity index (χ0v) is 8.92. The van der Waals surface area contributed by atoms with Gasteiger partial charge in [0, 0.05) is 4.88 Å². The van der Waals surface area contributed by atoms with Crippen molar-refractivity contribution < 1.29 is 8.76 Å². The van der Waals surface area contributed by atoms with Gasteiger partial charge in [-0.25, -0.2) is 0 Å². The summed E-state index contributed by atoms with van der Waals surface area (Å²) >= 11 is -0.739. The van der Waals surface area contributed by atoms with Crippen molar-refractivity contribution in [1.82, 2.24) is 0 Å². The molecule has 0 spiro atoms. The first-order chi connectivity index (χ1) is 5.41. The minimum absolute atomic E-state index is 0.0439. The van der Waals surface area contributed by atoms with E-state index in [4.69, 9.17) is 0 Å². The van der Waals surface area contributed by atoms with E-state index in [1.54, 1.807) is 6.07 Å². The Hall–Kier alpha value is -0.190. The SMILES string of the molecule is CC(C)(C)c1ccc(S(=O)[O-])s1. The Morgan fingerprint density at radius 3 is 2.25 bits per heavy atom. The molecule has 1 heterocycles. The first kappa shape index (κ1) is 9.89. The standard InChI is InChI=1S/C8H12O2S2/c1-8(2,3)6-4-5-7(11-6)12(9)10/h4-5H,1-3H3,(H,9,10)/p-1. The first-order valence-corrected chi connectivity index (χ1v) is 5.50. The molecule has 0 saturated carbocycles. The Balaban J connectivity index is 3.00. The van der Waals surface area contributed by atoms with E-state index >= 15 is 0 Å². The van der Waals surface area contributed by atoms with E-state index in [1.165, 1.54) is 11.3 Å². The van der Waals surface area contributed by atoms with Crippen LogP contribution in [0.2, 0.25) is 0 Å². The molecule has 4 heteroatoms. The van der Waals surface area contributed by atoms with Crippen LogP contribution in [0.15, 0.2) is 16.3 Å². The van der Waals surface area contributed by atoms with E-state index in [0.717, 1.165) is 4.88 Å². The lowest BCUT2D eigenvalue weighted by molar-refractivity contribution is 0.539. The van der Waals surface area contributed by atoms with Crippen molar-refractivity contribution in [2.45, 2.75) is 30.4 Å². The van der Waals surface area contributed by atoms with Gasteiger partial charge in [-0.05, 0) is 28.6 Å². The molecule has 0 aromatic carbocycles. The maximum absolute atomic E-state index is 10.6. The van der Waals surface area contributed by atoms with Crippen LogP contribution in [0.1, 0.15) is 25.6 Å². The third-order valence-electron chi connectivity index (χ3n) is 1.48. The monoisotopic (exact) mass is 203 g/mol. The number of thiophene rings is 1. The molecule has 0 amide bonds. The average Bonchev–Trinajstić information content (AvgIpc) is 2.30. The lowest BCUT2D eigenvalue weighted by Crippen LogP contribution is -2.07. The third-order valence-corrected chi connectivity index (χ3v) is 3.91. The van der Waals surface area contributed by atoms with Crippen LogP contribution >= 0.6 is 11.3 Å². The molecule has 1 atom stereocenters. The van der Waals surface area contributed by atoms with E-state index in [2.05, 4.69) is 20.8 Å². The molecule has 0 bridgehead atoms. The van der Waals surface area contributed by atoms with Crippen LogP contribution in [-0.2, 0) is 16.5 Å². The van der Waals surface area contributed by atoms with Crippen LogP contribution in [0.4, 0.5) is 0 Å². The summed E-state index contributed by atoms with van der Waals surface area (Å²) in [6, 6.07) is 3.52. The Labute approximate surface area is 78.9 Å². The third kappa shape index (κ3) is 2.15. The van der Waals surface area contributed by atoms with Crippen LogP contribution in [0, 0.1) is 0 Å². The smallest absolute Gasteiger partial charge is 0.0774 e. The van der Waals surface area contributed by atoms with Gasteiger partial charge in [-0.15, -0.1) is 11.3 Å². The topological polar surface area (TPSA) is 40.1 Å². The van der Waals surface area contributed by atoms with Gasteiger partial charge < -0.3 is 4.55 Å². The van der Waals surface area contributed by atoms with Crippen molar-refractivity contribution >= 4 is 22.4 Å². The fourth-order valence-corrected chi connectivity index (χ4v) is 2.33. The zero-order chi connectivity index (χ0) is 9.35. The molecule has 1 rings (SSSR count). The summed E-state index contributed by atoms with van der Waals surface area (Å²) in [5, 5.41) is 0. The fraction of sp³-hybridized carbons (Fsp3) is 0.500. The summed E-state index contributed by atoms with van der Waals surface area (Å²) in [6.45, 7) is 6.20. The second-order valence-electron chi connectivity index (χ2n) is 3.60. The van der Waals surface area contributed by atoms with Crippen molar-refractivity contribution in [3.8, 4) is 0 Å². The molecule has 0 N–H and O–H groups in total. The Kier molecular flexibility index (Phi) is 2.70. The minimum atomic E-state index is -2.07. The highest BCUT2D eigenvalue weighted by Gasteiger charge is 2.15. The first-order valence-electron chi connectivity index (χ1n) is 3.61. The lowest BCUT2D eigenvalue weighted by atomic mass is 9.95. The molecule has 0 aliphatic heterocycles. The zero-order valence-electron chi connectivity index (χ0n) is 7.29. The molecule has 0 saturated heterocycles. The van der Waals surface area contributed by atoms with Crippen molar-refractivity contribution in [1.29, 1.82) is 0 Å². The van der Waals surface area contributed by atoms with Crippen molar-refractivity contribution in [2.75, 3.05) is 0 Å². The van der Waals surface area contributed by atoms with Crippen LogP contribution in [0.3, 0.4) is 0 Å². The molecule has 1 aromatic rings. The van der Waals surface area contributed by atoms with Crippen molar-refractivity contribution in [2.24, 2.45) is 0 Å². The average molecular weight is 203 g/mol. The lowest BCUT2D eigenvalue weighted by Gasteiger charge is -2.15. The maximum atomic E-state index is 10.6. The van der Waals surface area contributed by atoms with Crippen LogP contribution in [0.25, 0.3) is 0 Å². The molecule has 1 unspecified atom stereocenters. The summed E-state index contributed by atoms with van der Waals surface area (Å²) < 4.78 is 21.5. The predicted octanol–water partition coefficient (Wildman–Crippen LogP) is 2.28. The molecule has 0 aliphatic carbocycles. The van der Waals surface area contributed by atoms with E-state index in [-0.39, 0.29) is 5.41 Å². The van der Waals surface area contributed by atoms with Crippen LogP contribution in [0.5, 0.6) is 0 Å². The summed E-state index contributed by atoms with van der Waals surface area (Å²) in [5.74, 6) is 0. The van der Waals surface area contributed by atoms with Gasteiger partial charge in [0.25, 0.3) is 0 Å². The molecule has 0 aliphatic rings. The normalized spacial score (nSPS) is 14.7. The molecule has 1 aromatic heterocycles. The molecule has 0 fully saturated rings. The molecular formula is C8H11O2S2-. The number of hydrogen-bond donors (Lipinski definition) is 0. The number of rotatable bonds is 1. The van der Waals surface area contributed by atoms with Crippen LogP contribution in [-0.4, -0.2) is 8.76 Å². The van der Waals surface area contributed by atoms with Gasteiger partial charge >= 0.3 is 0 Å². The maximum Gasteiger partial charge on any atom is 0.0774 e. The number of hydrogen-bond acceptors (Lipinski definition) is 3. The second-order valence-corrected chi connectivity index (χ2v) is 5.85. The molecule has 12 heavy (non-hydrogen) atoms. The minimum Gasteiger partial charge on any atom is -0.768 e. The van der Waals surface area contributed by atoms with Crippen molar-refractivity contribution in [3.63, 3.8) is 0 Å². The molecule has 2 nitrogen and oxygen atoms in total. The Bertz CT molecular complexity index is 296.